The lowest BCUT2D eigenvalue weighted by Crippen LogP contribution is -2.55. The fourth-order valence-electron chi connectivity index (χ4n) is 2.99. The average molecular weight is 274 g/mol. The number of ether oxygens (including phenoxy) is 1. The zero-order chi connectivity index (χ0) is 13.8. The summed E-state index contributed by atoms with van der Waals surface area (Å²) in [6.45, 7) is 3.90. The molecule has 0 aliphatic carbocycles. The van der Waals surface area contributed by atoms with Crippen LogP contribution in [0.25, 0.3) is 0 Å². The molecule has 1 aromatic rings. The molecule has 1 amide bonds. The van der Waals surface area contributed by atoms with Crippen molar-refractivity contribution in [2.24, 2.45) is 5.92 Å². The molecule has 1 atom stereocenters. The molecule has 3 rings (SSSR count). The molecular weight excluding hydrogens is 252 g/mol. The Balaban J connectivity index is 1.60. The summed E-state index contributed by atoms with van der Waals surface area (Å²) < 4.78 is 5.41. The summed E-state index contributed by atoms with van der Waals surface area (Å²) in [7, 11) is 0. The first-order valence-corrected chi connectivity index (χ1v) is 7.42. The molecule has 2 fully saturated rings. The van der Waals surface area contributed by atoms with Gasteiger partial charge in [-0.2, -0.15) is 0 Å². The van der Waals surface area contributed by atoms with E-state index in [9.17, 15) is 4.79 Å². The van der Waals surface area contributed by atoms with Gasteiger partial charge in [-0.3, -0.25) is 4.79 Å². The van der Waals surface area contributed by atoms with Gasteiger partial charge < -0.3 is 15.4 Å². The molecule has 0 bridgehead atoms. The predicted molar refractivity (Wildman–Crippen MR) is 77.5 cm³/mol. The molecule has 2 aliphatic rings. The predicted octanol–water partition coefficient (Wildman–Crippen LogP) is 1.07. The SMILES string of the molecule is O=C(NCC1(c2ccccc2)COC1)C1CCCNC1. The molecule has 0 saturated carbocycles. The highest BCUT2D eigenvalue weighted by atomic mass is 16.5. The molecule has 108 valence electrons. The van der Waals surface area contributed by atoms with Gasteiger partial charge in [-0.1, -0.05) is 30.3 Å². The molecule has 2 saturated heterocycles. The Labute approximate surface area is 119 Å². The van der Waals surface area contributed by atoms with Crippen molar-refractivity contribution in [3.05, 3.63) is 35.9 Å². The minimum atomic E-state index is -0.0288. The highest BCUT2D eigenvalue weighted by molar-refractivity contribution is 5.79. The zero-order valence-corrected chi connectivity index (χ0v) is 11.7. The minimum absolute atomic E-state index is 0.0288. The van der Waals surface area contributed by atoms with Crippen LogP contribution in [0.2, 0.25) is 0 Å². The topological polar surface area (TPSA) is 50.4 Å². The monoisotopic (exact) mass is 274 g/mol. The van der Waals surface area contributed by atoms with E-state index in [0.717, 1.165) is 25.9 Å². The lowest BCUT2D eigenvalue weighted by molar-refractivity contribution is -0.127. The van der Waals surface area contributed by atoms with Crippen LogP contribution in [0.5, 0.6) is 0 Å². The zero-order valence-electron chi connectivity index (χ0n) is 11.7. The van der Waals surface area contributed by atoms with Crippen LogP contribution in [0, 0.1) is 5.92 Å². The summed E-state index contributed by atoms with van der Waals surface area (Å²) >= 11 is 0. The van der Waals surface area contributed by atoms with Gasteiger partial charge in [0.05, 0.1) is 24.5 Å². The van der Waals surface area contributed by atoms with Crippen molar-refractivity contribution in [1.29, 1.82) is 0 Å². The fourth-order valence-corrected chi connectivity index (χ4v) is 2.99. The Hall–Kier alpha value is -1.39. The number of piperidine rings is 1. The third kappa shape index (κ3) is 2.72. The van der Waals surface area contributed by atoms with E-state index < -0.39 is 0 Å². The first kappa shape index (κ1) is 13.6. The highest BCUT2D eigenvalue weighted by Crippen LogP contribution is 2.31. The van der Waals surface area contributed by atoms with Crippen LogP contribution < -0.4 is 10.6 Å². The molecule has 0 aromatic heterocycles. The molecule has 0 radical (unpaired) electrons. The molecule has 4 nitrogen and oxygen atoms in total. The smallest absolute Gasteiger partial charge is 0.224 e. The largest absolute Gasteiger partial charge is 0.379 e. The van der Waals surface area contributed by atoms with Crippen molar-refractivity contribution < 1.29 is 9.53 Å². The molecule has 1 unspecified atom stereocenters. The molecule has 4 heteroatoms. The lowest BCUT2D eigenvalue weighted by Gasteiger charge is -2.42. The van der Waals surface area contributed by atoms with Crippen molar-refractivity contribution in [2.75, 3.05) is 32.8 Å². The summed E-state index contributed by atoms with van der Waals surface area (Å²) in [6, 6.07) is 10.3. The Morgan fingerprint density at radius 2 is 2.15 bits per heavy atom. The second-order valence-corrected chi connectivity index (χ2v) is 5.90. The van der Waals surface area contributed by atoms with Crippen LogP contribution in [0.15, 0.2) is 30.3 Å². The van der Waals surface area contributed by atoms with E-state index in [1.54, 1.807) is 0 Å². The summed E-state index contributed by atoms with van der Waals surface area (Å²) in [5.41, 5.74) is 1.23. The number of benzene rings is 1. The van der Waals surface area contributed by atoms with Gasteiger partial charge in [-0.05, 0) is 24.9 Å². The van der Waals surface area contributed by atoms with Crippen LogP contribution in [0.3, 0.4) is 0 Å². The maximum atomic E-state index is 12.2. The molecule has 2 aliphatic heterocycles. The second kappa shape index (κ2) is 5.94. The summed E-state index contributed by atoms with van der Waals surface area (Å²) in [5.74, 6) is 0.303. The van der Waals surface area contributed by atoms with Crippen LogP contribution in [0.4, 0.5) is 0 Å². The van der Waals surface area contributed by atoms with Gasteiger partial charge in [0.15, 0.2) is 0 Å². The average Bonchev–Trinajstić information content (AvgIpc) is 2.48. The van der Waals surface area contributed by atoms with Gasteiger partial charge in [0.25, 0.3) is 0 Å². The van der Waals surface area contributed by atoms with E-state index in [2.05, 4.69) is 22.8 Å². The number of hydrogen-bond donors (Lipinski definition) is 2. The van der Waals surface area contributed by atoms with Crippen molar-refractivity contribution in [2.45, 2.75) is 18.3 Å². The van der Waals surface area contributed by atoms with Crippen LogP contribution in [-0.2, 0) is 14.9 Å². The van der Waals surface area contributed by atoms with Gasteiger partial charge in [-0.25, -0.2) is 0 Å². The third-order valence-corrected chi connectivity index (χ3v) is 4.41. The Morgan fingerprint density at radius 3 is 2.75 bits per heavy atom. The lowest BCUT2D eigenvalue weighted by atomic mass is 9.78. The maximum absolute atomic E-state index is 12.2. The van der Waals surface area contributed by atoms with Crippen molar-refractivity contribution >= 4 is 5.91 Å². The normalized spacial score (nSPS) is 24.7. The number of nitrogens with one attached hydrogen (secondary N) is 2. The Morgan fingerprint density at radius 1 is 1.35 bits per heavy atom. The summed E-state index contributed by atoms with van der Waals surface area (Å²) in [6.07, 6.45) is 2.08. The molecule has 2 N–H and O–H groups in total. The summed E-state index contributed by atoms with van der Waals surface area (Å²) in [4.78, 5) is 12.2. The fraction of sp³-hybridized carbons (Fsp3) is 0.562. The first-order chi connectivity index (χ1) is 9.80. The van der Waals surface area contributed by atoms with E-state index >= 15 is 0 Å². The maximum Gasteiger partial charge on any atom is 0.224 e. The Kier molecular flexibility index (Phi) is 4.03. The second-order valence-electron chi connectivity index (χ2n) is 5.90. The molecule has 2 heterocycles. The summed E-state index contributed by atoms with van der Waals surface area (Å²) in [5, 5.41) is 6.42. The van der Waals surface area contributed by atoms with Gasteiger partial charge in [0, 0.05) is 13.1 Å². The molecule has 0 spiro atoms. The van der Waals surface area contributed by atoms with E-state index in [-0.39, 0.29) is 17.2 Å². The van der Waals surface area contributed by atoms with Crippen LogP contribution in [-0.4, -0.2) is 38.8 Å². The van der Waals surface area contributed by atoms with Crippen LogP contribution in [0.1, 0.15) is 18.4 Å². The van der Waals surface area contributed by atoms with Gasteiger partial charge >= 0.3 is 0 Å². The number of hydrogen-bond acceptors (Lipinski definition) is 3. The van der Waals surface area contributed by atoms with Crippen molar-refractivity contribution in [1.82, 2.24) is 10.6 Å². The van der Waals surface area contributed by atoms with Gasteiger partial charge in [0.2, 0.25) is 5.91 Å². The van der Waals surface area contributed by atoms with Crippen molar-refractivity contribution in [3.8, 4) is 0 Å². The van der Waals surface area contributed by atoms with Gasteiger partial charge in [0.1, 0.15) is 0 Å². The first-order valence-electron chi connectivity index (χ1n) is 7.42. The van der Waals surface area contributed by atoms with E-state index in [1.807, 2.05) is 18.2 Å². The van der Waals surface area contributed by atoms with E-state index in [0.29, 0.717) is 19.8 Å². The number of amides is 1. The van der Waals surface area contributed by atoms with Crippen molar-refractivity contribution in [3.63, 3.8) is 0 Å². The molecular formula is C16H22N2O2. The Bertz CT molecular complexity index is 451. The standard InChI is InChI=1S/C16H22N2O2/c19-15(13-5-4-8-17-9-13)18-10-16(11-20-12-16)14-6-2-1-3-7-14/h1-3,6-7,13,17H,4-5,8-12H2,(H,18,19). The quantitative estimate of drug-likeness (QED) is 0.863. The van der Waals surface area contributed by atoms with E-state index in [4.69, 9.17) is 4.74 Å². The molecule has 1 aromatic carbocycles. The number of carbonyl (C=O) groups is 1. The molecule has 20 heavy (non-hydrogen) atoms. The highest BCUT2D eigenvalue weighted by Gasteiger charge is 2.40. The van der Waals surface area contributed by atoms with Crippen LogP contribution >= 0.6 is 0 Å². The third-order valence-electron chi connectivity index (χ3n) is 4.41. The number of carbonyl (C=O) groups excluding carboxylic acids is 1. The van der Waals surface area contributed by atoms with Gasteiger partial charge in [-0.15, -0.1) is 0 Å². The van der Waals surface area contributed by atoms with E-state index in [1.165, 1.54) is 5.56 Å². The minimum Gasteiger partial charge on any atom is -0.379 e. The number of rotatable bonds is 4.